The Morgan fingerprint density at radius 3 is 2.88 bits per heavy atom. The van der Waals surface area contributed by atoms with Gasteiger partial charge in [0.15, 0.2) is 0 Å². The maximum atomic E-state index is 13.2. The minimum absolute atomic E-state index is 0.0325. The molecule has 2 aliphatic rings. The molecule has 1 fully saturated rings. The number of ether oxygens (including phenoxy) is 1. The Morgan fingerprint density at radius 1 is 1.44 bits per heavy atom. The van der Waals surface area contributed by atoms with Gasteiger partial charge in [0.1, 0.15) is 17.2 Å². The van der Waals surface area contributed by atoms with Crippen molar-refractivity contribution in [2.45, 2.75) is 37.8 Å². The average Bonchev–Trinajstić information content (AvgIpc) is 2.99. The molecule has 1 aliphatic carbocycles. The maximum Gasteiger partial charge on any atom is 0.127 e. The second-order valence-corrected chi connectivity index (χ2v) is 5.18. The van der Waals surface area contributed by atoms with Gasteiger partial charge in [-0.2, -0.15) is 0 Å². The van der Waals surface area contributed by atoms with Gasteiger partial charge in [-0.1, -0.05) is 6.07 Å². The quantitative estimate of drug-likeness (QED) is 0.791. The van der Waals surface area contributed by atoms with Crippen molar-refractivity contribution in [3.05, 3.63) is 29.6 Å². The molecule has 1 unspecified atom stereocenters. The van der Waals surface area contributed by atoms with E-state index in [1.807, 2.05) is 0 Å². The normalized spacial score (nSPS) is 33.1. The third-order valence-electron chi connectivity index (χ3n) is 3.78. The van der Waals surface area contributed by atoms with E-state index >= 15 is 0 Å². The molecule has 1 aromatic rings. The predicted molar refractivity (Wildman–Crippen MR) is 59.7 cm³/mol. The molecule has 1 saturated carbocycles. The van der Waals surface area contributed by atoms with Crippen molar-refractivity contribution in [3.63, 3.8) is 0 Å². The molecule has 0 radical (unpaired) electrons. The standard InChI is InChI=1S/C13H16FNO/c1-13(8-2-3-8)7-11(15)10-5-4-9(14)6-12(10)16-13/h4-6,8,11H,2-3,7,15H2,1H3/t11-,13?/m0/s1. The number of halogens is 1. The Morgan fingerprint density at radius 2 is 2.19 bits per heavy atom. The number of rotatable bonds is 1. The SMILES string of the molecule is CC1(C2CC2)C[C@H](N)c2ccc(F)cc2O1. The lowest BCUT2D eigenvalue weighted by molar-refractivity contribution is 0.0321. The van der Waals surface area contributed by atoms with Gasteiger partial charge < -0.3 is 10.5 Å². The molecule has 1 aliphatic heterocycles. The molecule has 0 aromatic heterocycles. The van der Waals surface area contributed by atoms with Crippen LogP contribution >= 0.6 is 0 Å². The van der Waals surface area contributed by atoms with E-state index in [1.54, 1.807) is 6.07 Å². The highest BCUT2D eigenvalue weighted by Gasteiger charge is 2.47. The molecule has 2 N–H and O–H groups in total. The van der Waals surface area contributed by atoms with Crippen LogP contribution < -0.4 is 10.5 Å². The van der Waals surface area contributed by atoms with Crippen LogP contribution in [0.2, 0.25) is 0 Å². The van der Waals surface area contributed by atoms with E-state index < -0.39 is 0 Å². The maximum absolute atomic E-state index is 13.2. The Balaban J connectivity index is 2.00. The van der Waals surface area contributed by atoms with Gasteiger partial charge in [0, 0.05) is 24.1 Å². The van der Waals surface area contributed by atoms with Gasteiger partial charge in [0.25, 0.3) is 0 Å². The van der Waals surface area contributed by atoms with Crippen LogP contribution in [0.25, 0.3) is 0 Å². The van der Waals surface area contributed by atoms with Crippen LogP contribution in [0.1, 0.15) is 37.8 Å². The molecule has 0 amide bonds. The molecule has 16 heavy (non-hydrogen) atoms. The van der Waals surface area contributed by atoms with E-state index in [0.29, 0.717) is 11.7 Å². The minimum Gasteiger partial charge on any atom is -0.487 e. The van der Waals surface area contributed by atoms with Crippen LogP contribution in [0, 0.1) is 11.7 Å². The van der Waals surface area contributed by atoms with Crippen molar-refractivity contribution in [2.75, 3.05) is 0 Å². The van der Waals surface area contributed by atoms with E-state index in [9.17, 15) is 4.39 Å². The summed E-state index contributed by atoms with van der Waals surface area (Å²) in [6.45, 7) is 2.10. The fraction of sp³-hybridized carbons (Fsp3) is 0.538. The van der Waals surface area contributed by atoms with E-state index in [4.69, 9.17) is 10.5 Å². The van der Waals surface area contributed by atoms with Crippen molar-refractivity contribution < 1.29 is 9.13 Å². The van der Waals surface area contributed by atoms with Crippen molar-refractivity contribution in [1.82, 2.24) is 0 Å². The topological polar surface area (TPSA) is 35.2 Å². The second-order valence-electron chi connectivity index (χ2n) is 5.18. The summed E-state index contributed by atoms with van der Waals surface area (Å²) in [6.07, 6.45) is 3.23. The highest BCUT2D eigenvalue weighted by molar-refractivity contribution is 5.39. The largest absolute Gasteiger partial charge is 0.487 e. The summed E-state index contributed by atoms with van der Waals surface area (Å²) in [6, 6.07) is 4.61. The first-order chi connectivity index (χ1) is 7.58. The average molecular weight is 221 g/mol. The fourth-order valence-electron chi connectivity index (χ4n) is 2.69. The first-order valence-corrected chi connectivity index (χ1v) is 5.82. The summed E-state index contributed by atoms with van der Waals surface area (Å²) in [5, 5.41) is 0. The molecule has 86 valence electrons. The van der Waals surface area contributed by atoms with Crippen molar-refractivity contribution in [1.29, 1.82) is 0 Å². The summed E-state index contributed by atoms with van der Waals surface area (Å²) in [4.78, 5) is 0. The van der Waals surface area contributed by atoms with Gasteiger partial charge >= 0.3 is 0 Å². The van der Waals surface area contributed by atoms with Crippen molar-refractivity contribution >= 4 is 0 Å². The first-order valence-electron chi connectivity index (χ1n) is 5.82. The molecule has 0 spiro atoms. The van der Waals surface area contributed by atoms with Crippen LogP contribution in [0.15, 0.2) is 18.2 Å². The summed E-state index contributed by atoms with van der Waals surface area (Å²) >= 11 is 0. The molecule has 0 saturated heterocycles. The zero-order valence-corrected chi connectivity index (χ0v) is 9.37. The first kappa shape index (κ1) is 10.1. The third kappa shape index (κ3) is 1.50. The number of fused-ring (bicyclic) bond motifs is 1. The monoisotopic (exact) mass is 221 g/mol. The number of hydrogen-bond acceptors (Lipinski definition) is 2. The highest BCUT2D eigenvalue weighted by atomic mass is 19.1. The molecule has 2 nitrogen and oxygen atoms in total. The van der Waals surface area contributed by atoms with Gasteiger partial charge in [0.05, 0.1) is 0 Å². The van der Waals surface area contributed by atoms with Crippen LogP contribution in [-0.2, 0) is 0 Å². The molecule has 1 aromatic carbocycles. The fourth-order valence-corrected chi connectivity index (χ4v) is 2.69. The van der Waals surface area contributed by atoms with Crippen molar-refractivity contribution in [2.24, 2.45) is 11.7 Å². The lowest BCUT2D eigenvalue weighted by Gasteiger charge is -2.39. The molecule has 1 heterocycles. The summed E-state index contributed by atoms with van der Waals surface area (Å²) in [5.74, 6) is 0.967. The van der Waals surface area contributed by atoms with Gasteiger partial charge in [-0.25, -0.2) is 4.39 Å². The smallest absolute Gasteiger partial charge is 0.127 e. The molecule has 3 rings (SSSR count). The van der Waals surface area contributed by atoms with E-state index in [2.05, 4.69) is 6.92 Å². The molecular weight excluding hydrogens is 205 g/mol. The van der Waals surface area contributed by atoms with Crippen LogP contribution in [-0.4, -0.2) is 5.60 Å². The summed E-state index contributed by atoms with van der Waals surface area (Å²) < 4.78 is 19.1. The summed E-state index contributed by atoms with van der Waals surface area (Å²) in [7, 11) is 0. The van der Waals surface area contributed by atoms with Gasteiger partial charge in [-0.3, -0.25) is 0 Å². The Hall–Kier alpha value is -1.09. The van der Waals surface area contributed by atoms with E-state index in [1.165, 1.54) is 25.0 Å². The Labute approximate surface area is 94.6 Å². The van der Waals surface area contributed by atoms with Crippen molar-refractivity contribution in [3.8, 4) is 5.75 Å². The van der Waals surface area contributed by atoms with Crippen LogP contribution in [0.3, 0.4) is 0 Å². The summed E-state index contributed by atoms with van der Waals surface area (Å²) in [5.41, 5.74) is 6.87. The Bertz CT molecular complexity index is 430. The second kappa shape index (κ2) is 3.20. The third-order valence-corrected chi connectivity index (χ3v) is 3.78. The van der Waals surface area contributed by atoms with Gasteiger partial charge in [0.2, 0.25) is 0 Å². The Kier molecular flexibility index (Phi) is 2.02. The number of nitrogens with two attached hydrogens (primary N) is 1. The molecule has 0 bridgehead atoms. The molecule has 2 atom stereocenters. The number of hydrogen-bond donors (Lipinski definition) is 1. The van der Waals surface area contributed by atoms with Crippen LogP contribution in [0.4, 0.5) is 4.39 Å². The predicted octanol–water partition coefficient (Wildman–Crippen LogP) is 2.78. The minimum atomic E-state index is -0.258. The van der Waals surface area contributed by atoms with E-state index in [0.717, 1.165) is 12.0 Å². The lowest BCUT2D eigenvalue weighted by atomic mass is 9.85. The van der Waals surface area contributed by atoms with Crippen LogP contribution in [0.5, 0.6) is 5.75 Å². The zero-order chi connectivity index (χ0) is 11.3. The zero-order valence-electron chi connectivity index (χ0n) is 9.37. The molecular formula is C13H16FNO. The lowest BCUT2D eigenvalue weighted by Crippen LogP contribution is -2.42. The molecule has 3 heteroatoms. The highest BCUT2D eigenvalue weighted by Crippen LogP contribution is 2.49. The van der Waals surface area contributed by atoms with E-state index in [-0.39, 0.29) is 17.5 Å². The van der Waals surface area contributed by atoms with Gasteiger partial charge in [-0.05, 0) is 31.7 Å². The number of benzene rings is 1. The van der Waals surface area contributed by atoms with Gasteiger partial charge in [-0.15, -0.1) is 0 Å².